The highest BCUT2D eigenvalue weighted by Crippen LogP contribution is 2.30. The van der Waals surface area contributed by atoms with E-state index in [1.54, 1.807) is 39.8 Å². The van der Waals surface area contributed by atoms with Gasteiger partial charge in [0.15, 0.2) is 0 Å². The second-order valence-electron chi connectivity index (χ2n) is 5.55. The van der Waals surface area contributed by atoms with E-state index in [0.29, 0.717) is 5.56 Å². The fraction of sp³-hybridized carbons (Fsp3) is 0.357. The molecule has 1 aliphatic rings. The number of carbonyl (C=O) groups is 2. The van der Waals surface area contributed by atoms with Crippen LogP contribution in [0.25, 0.3) is 0 Å². The maximum atomic E-state index is 13.7. The van der Waals surface area contributed by atoms with Crippen LogP contribution in [0.2, 0.25) is 0 Å². The summed E-state index contributed by atoms with van der Waals surface area (Å²) in [4.78, 5) is 27.0. The minimum atomic E-state index is -0.962. The lowest BCUT2D eigenvalue weighted by Crippen LogP contribution is -2.26. The second-order valence-corrected chi connectivity index (χ2v) is 5.55. The monoisotopic (exact) mass is 278 g/mol. The van der Waals surface area contributed by atoms with E-state index in [1.165, 1.54) is 6.07 Å². The Balaban J connectivity index is 2.41. The first-order valence-electron chi connectivity index (χ1n) is 6.12. The van der Waals surface area contributed by atoms with Gasteiger partial charge in [0.2, 0.25) is 0 Å². The molecular formula is C14H15FN2O3. The van der Waals surface area contributed by atoms with Crippen LogP contribution in [0.1, 0.15) is 31.9 Å². The molecule has 0 bridgehead atoms. The van der Waals surface area contributed by atoms with Gasteiger partial charge in [-0.15, -0.1) is 5.12 Å². The Bertz CT molecular complexity index is 617. The molecule has 0 spiro atoms. The van der Waals surface area contributed by atoms with Crippen molar-refractivity contribution >= 4 is 23.4 Å². The quantitative estimate of drug-likeness (QED) is 0.685. The maximum Gasteiger partial charge on any atom is 0.434 e. The van der Waals surface area contributed by atoms with Crippen LogP contribution in [-0.2, 0) is 9.53 Å². The third kappa shape index (κ3) is 2.68. The van der Waals surface area contributed by atoms with Crippen molar-refractivity contribution in [1.29, 1.82) is 0 Å². The van der Waals surface area contributed by atoms with Gasteiger partial charge in [-0.05, 0) is 39.8 Å². The Morgan fingerprint density at radius 3 is 2.60 bits per heavy atom. The lowest BCUT2D eigenvalue weighted by molar-refractivity contribution is -0.114. The Labute approximate surface area is 116 Å². The van der Waals surface area contributed by atoms with E-state index in [9.17, 15) is 14.1 Å². The van der Waals surface area contributed by atoms with Crippen LogP contribution in [-0.4, -0.2) is 23.3 Å². The summed E-state index contributed by atoms with van der Waals surface area (Å²) in [5.74, 6) is -0.962. The molecule has 1 aromatic carbocycles. The number of aliphatic imine (C=N–C) groups is 1. The molecule has 0 fully saturated rings. The highest BCUT2D eigenvalue weighted by Gasteiger charge is 2.35. The zero-order valence-corrected chi connectivity index (χ0v) is 11.7. The molecule has 5 nitrogen and oxygen atoms in total. The predicted molar refractivity (Wildman–Crippen MR) is 72.5 cm³/mol. The highest BCUT2D eigenvalue weighted by molar-refractivity contribution is 6.54. The van der Waals surface area contributed by atoms with Crippen molar-refractivity contribution in [3.63, 3.8) is 0 Å². The first-order valence-corrected chi connectivity index (χ1v) is 6.12. The lowest BCUT2D eigenvalue weighted by Gasteiger charge is -2.17. The standard InChI is InChI=1S/C14H15FN2O3/c1-8-5-6-10-9(7-8)11(12(18)17(10)15)16-13(19)20-14(2,3)4/h5-7H,1-4H3/b16-11+. The molecule has 0 atom stereocenters. The van der Waals surface area contributed by atoms with Gasteiger partial charge in [0.1, 0.15) is 11.3 Å². The van der Waals surface area contributed by atoms with Gasteiger partial charge in [-0.2, -0.15) is 4.99 Å². The Kier molecular flexibility index (Phi) is 3.33. The average Bonchev–Trinajstić information content (AvgIpc) is 2.52. The van der Waals surface area contributed by atoms with E-state index < -0.39 is 17.6 Å². The number of nitrogens with zero attached hydrogens (tertiary/aromatic N) is 2. The molecule has 6 heteroatoms. The van der Waals surface area contributed by atoms with Crippen molar-refractivity contribution in [1.82, 2.24) is 0 Å². The largest absolute Gasteiger partial charge is 0.442 e. The molecule has 0 aromatic heterocycles. The summed E-state index contributed by atoms with van der Waals surface area (Å²) in [7, 11) is 0. The van der Waals surface area contributed by atoms with Crippen LogP contribution < -0.4 is 5.12 Å². The molecule has 1 aliphatic heterocycles. The molecule has 0 unspecified atom stereocenters. The van der Waals surface area contributed by atoms with Crippen molar-refractivity contribution in [2.24, 2.45) is 4.99 Å². The van der Waals surface area contributed by atoms with Gasteiger partial charge in [-0.1, -0.05) is 16.1 Å². The third-order valence-corrected chi connectivity index (χ3v) is 2.60. The summed E-state index contributed by atoms with van der Waals surface area (Å²) in [6.07, 6.45) is -0.913. The van der Waals surface area contributed by atoms with Crippen LogP contribution in [0.3, 0.4) is 0 Å². The van der Waals surface area contributed by atoms with Crippen LogP contribution >= 0.6 is 0 Å². The molecule has 106 valence electrons. The Morgan fingerprint density at radius 2 is 2.00 bits per heavy atom. The van der Waals surface area contributed by atoms with Crippen molar-refractivity contribution in [2.75, 3.05) is 5.12 Å². The smallest absolute Gasteiger partial charge is 0.434 e. The number of fused-ring (bicyclic) bond motifs is 1. The SMILES string of the molecule is Cc1ccc2c(c1)/C(=N\C(=O)OC(C)(C)C)C(=O)N2F. The predicted octanol–water partition coefficient (Wildman–Crippen LogP) is 2.95. The summed E-state index contributed by atoms with van der Waals surface area (Å²) in [5, 5.41) is -0.0159. The first-order chi connectivity index (χ1) is 9.19. The molecule has 2 rings (SSSR count). The van der Waals surface area contributed by atoms with Crippen LogP contribution in [0.4, 0.5) is 15.0 Å². The number of rotatable bonds is 0. The average molecular weight is 278 g/mol. The molecule has 0 radical (unpaired) electrons. The van der Waals surface area contributed by atoms with E-state index >= 15 is 0 Å². The molecular weight excluding hydrogens is 263 g/mol. The fourth-order valence-electron chi connectivity index (χ4n) is 1.81. The third-order valence-electron chi connectivity index (χ3n) is 2.60. The van der Waals surface area contributed by atoms with Gasteiger partial charge in [-0.25, -0.2) is 4.79 Å². The number of amides is 2. The zero-order chi connectivity index (χ0) is 15.1. The molecule has 1 heterocycles. The van der Waals surface area contributed by atoms with Gasteiger partial charge in [-0.3, -0.25) is 4.79 Å². The summed E-state index contributed by atoms with van der Waals surface area (Å²) < 4.78 is 18.7. The lowest BCUT2D eigenvalue weighted by atomic mass is 10.1. The Morgan fingerprint density at radius 1 is 1.35 bits per heavy atom. The van der Waals surface area contributed by atoms with Crippen molar-refractivity contribution in [3.8, 4) is 0 Å². The number of ether oxygens (including phenoxy) is 1. The van der Waals surface area contributed by atoms with Crippen molar-refractivity contribution in [3.05, 3.63) is 29.3 Å². The van der Waals surface area contributed by atoms with Crippen molar-refractivity contribution < 1.29 is 18.8 Å². The van der Waals surface area contributed by atoms with E-state index in [0.717, 1.165) is 5.56 Å². The van der Waals surface area contributed by atoms with Crippen LogP contribution in [0.15, 0.2) is 23.2 Å². The van der Waals surface area contributed by atoms with Crippen LogP contribution in [0, 0.1) is 6.92 Å². The molecule has 0 aliphatic carbocycles. The normalized spacial score (nSPS) is 16.6. The van der Waals surface area contributed by atoms with Crippen LogP contribution in [0.5, 0.6) is 0 Å². The minimum absolute atomic E-state index is 0.0159. The molecule has 2 amide bonds. The fourth-order valence-corrected chi connectivity index (χ4v) is 1.81. The number of benzene rings is 1. The van der Waals surface area contributed by atoms with E-state index in [4.69, 9.17) is 4.74 Å². The highest BCUT2D eigenvalue weighted by atomic mass is 19.2. The minimum Gasteiger partial charge on any atom is -0.442 e. The number of hydrogen-bond acceptors (Lipinski definition) is 3. The van der Waals surface area contributed by atoms with Gasteiger partial charge >= 0.3 is 12.0 Å². The van der Waals surface area contributed by atoms with Gasteiger partial charge in [0, 0.05) is 5.56 Å². The van der Waals surface area contributed by atoms with E-state index in [-0.39, 0.29) is 16.5 Å². The number of carbonyl (C=O) groups excluding carboxylic acids is 2. The number of aryl methyl sites for hydroxylation is 1. The number of halogens is 1. The van der Waals surface area contributed by atoms with Gasteiger partial charge in [0.05, 0.1) is 5.69 Å². The molecule has 1 aromatic rings. The molecule has 0 saturated heterocycles. The van der Waals surface area contributed by atoms with Crippen molar-refractivity contribution in [2.45, 2.75) is 33.3 Å². The first kappa shape index (κ1) is 14.2. The van der Waals surface area contributed by atoms with Gasteiger partial charge < -0.3 is 4.74 Å². The number of hydrogen-bond donors (Lipinski definition) is 0. The summed E-state index contributed by atoms with van der Waals surface area (Å²) in [6, 6.07) is 4.76. The van der Waals surface area contributed by atoms with E-state index in [1.807, 2.05) is 0 Å². The molecule has 20 heavy (non-hydrogen) atoms. The zero-order valence-electron chi connectivity index (χ0n) is 11.7. The summed E-state index contributed by atoms with van der Waals surface area (Å²) in [6.45, 7) is 6.85. The van der Waals surface area contributed by atoms with Gasteiger partial charge in [0.25, 0.3) is 0 Å². The summed E-state index contributed by atoms with van der Waals surface area (Å²) >= 11 is 0. The second kappa shape index (κ2) is 4.70. The topological polar surface area (TPSA) is 59.0 Å². The molecule has 0 saturated carbocycles. The van der Waals surface area contributed by atoms with E-state index in [2.05, 4.69) is 4.99 Å². The summed E-state index contributed by atoms with van der Waals surface area (Å²) in [5.41, 5.74) is 0.253. The number of anilines is 1. The Hall–Kier alpha value is -2.24. The maximum absolute atomic E-state index is 13.7. The molecule has 0 N–H and O–H groups in total.